The van der Waals surface area contributed by atoms with Crippen LogP contribution in [0.2, 0.25) is 0 Å². The number of ether oxygens (including phenoxy) is 1. The van der Waals surface area contributed by atoms with Crippen molar-refractivity contribution in [3.05, 3.63) is 24.3 Å². The minimum Gasteiger partial charge on any atom is -0.492 e. The van der Waals surface area contributed by atoms with E-state index in [4.69, 9.17) is 10.5 Å². The van der Waals surface area contributed by atoms with Crippen molar-refractivity contribution in [2.45, 2.75) is 32.2 Å². The Morgan fingerprint density at radius 2 is 1.94 bits per heavy atom. The molecule has 94 valence electrons. The summed E-state index contributed by atoms with van der Waals surface area (Å²) in [5.41, 5.74) is 7.35. The van der Waals surface area contributed by atoms with Crippen LogP contribution in [0.5, 0.6) is 5.75 Å². The van der Waals surface area contributed by atoms with Gasteiger partial charge in [0.05, 0.1) is 12.3 Å². The lowest BCUT2D eigenvalue weighted by atomic mass is 9.91. The fourth-order valence-corrected chi connectivity index (χ4v) is 2.25. The number of anilines is 1. The minimum absolute atomic E-state index is 0.00292. The van der Waals surface area contributed by atoms with Gasteiger partial charge in [0, 0.05) is 18.6 Å². The van der Waals surface area contributed by atoms with Crippen LogP contribution in [0.25, 0.3) is 0 Å². The van der Waals surface area contributed by atoms with E-state index < -0.39 is 0 Å². The van der Waals surface area contributed by atoms with Gasteiger partial charge in [-0.3, -0.25) is 0 Å². The summed E-state index contributed by atoms with van der Waals surface area (Å²) in [7, 11) is 0. The third-order valence-electron chi connectivity index (χ3n) is 3.41. The largest absolute Gasteiger partial charge is 0.492 e. The molecule has 3 heteroatoms. The maximum absolute atomic E-state index is 6.16. The van der Waals surface area contributed by atoms with Crippen LogP contribution in [0.1, 0.15) is 26.7 Å². The van der Waals surface area contributed by atoms with Crippen LogP contribution in [0.15, 0.2) is 24.3 Å². The van der Waals surface area contributed by atoms with E-state index >= 15 is 0 Å². The Balaban J connectivity index is 2.12. The minimum atomic E-state index is -0.00292. The molecule has 1 aromatic carbocycles. The van der Waals surface area contributed by atoms with Crippen molar-refractivity contribution in [3.8, 4) is 5.75 Å². The molecule has 0 spiro atoms. The van der Waals surface area contributed by atoms with Crippen molar-refractivity contribution in [2.24, 2.45) is 5.73 Å². The van der Waals surface area contributed by atoms with Crippen LogP contribution < -0.4 is 15.4 Å². The molecule has 17 heavy (non-hydrogen) atoms. The second-order valence-electron chi connectivity index (χ2n) is 5.04. The first-order valence-corrected chi connectivity index (χ1v) is 6.38. The maximum atomic E-state index is 6.16. The highest BCUT2D eigenvalue weighted by atomic mass is 16.5. The first kappa shape index (κ1) is 12.2. The van der Waals surface area contributed by atoms with Crippen LogP contribution in [0.3, 0.4) is 0 Å². The van der Waals surface area contributed by atoms with Gasteiger partial charge in [0.2, 0.25) is 0 Å². The highest BCUT2D eigenvalue weighted by Gasteiger charge is 2.26. The fraction of sp³-hybridized carbons (Fsp3) is 0.571. The average Bonchev–Trinajstić information content (AvgIpc) is 2.31. The Morgan fingerprint density at radius 3 is 2.59 bits per heavy atom. The van der Waals surface area contributed by atoms with E-state index in [0.29, 0.717) is 6.61 Å². The number of hydrogen-bond acceptors (Lipinski definition) is 3. The lowest BCUT2D eigenvalue weighted by molar-refractivity contribution is 0.333. The maximum Gasteiger partial charge on any atom is 0.142 e. The van der Waals surface area contributed by atoms with E-state index in [1.54, 1.807) is 0 Å². The Bertz CT molecular complexity index is 366. The number of piperidine rings is 1. The predicted octanol–water partition coefficient (Wildman–Crippen LogP) is 2.40. The van der Waals surface area contributed by atoms with Gasteiger partial charge in [-0.1, -0.05) is 12.1 Å². The first-order chi connectivity index (χ1) is 8.12. The van der Waals surface area contributed by atoms with E-state index in [2.05, 4.69) is 24.0 Å². The summed E-state index contributed by atoms with van der Waals surface area (Å²) in [6.45, 7) is 6.89. The number of nitrogens with zero attached hydrogens (tertiary/aromatic N) is 1. The van der Waals surface area contributed by atoms with Gasteiger partial charge in [-0.25, -0.2) is 0 Å². The van der Waals surface area contributed by atoms with E-state index in [1.807, 2.05) is 19.1 Å². The normalized spacial score (nSPS) is 19.1. The number of hydrogen-bond donors (Lipinski definition) is 1. The quantitative estimate of drug-likeness (QED) is 0.872. The Morgan fingerprint density at radius 1 is 1.29 bits per heavy atom. The zero-order valence-corrected chi connectivity index (χ0v) is 10.8. The molecule has 1 aliphatic heterocycles. The van der Waals surface area contributed by atoms with Gasteiger partial charge in [0.15, 0.2) is 0 Å². The molecule has 1 aromatic rings. The van der Waals surface area contributed by atoms with Crippen molar-refractivity contribution in [1.82, 2.24) is 0 Å². The summed E-state index contributed by atoms with van der Waals surface area (Å²) >= 11 is 0. The van der Waals surface area contributed by atoms with Crippen molar-refractivity contribution in [3.63, 3.8) is 0 Å². The van der Waals surface area contributed by atoms with Gasteiger partial charge in [0.25, 0.3) is 0 Å². The molecule has 0 saturated carbocycles. The fourth-order valence-electron chi connectivity index (χ4n) is 2.25. The summed E-state index contributed by atoms with van der Waals surface area (Å²) in [4.78, 5) is 2.37. The third-order valence-corrected chi connectivity index (χ3v) is 3.41. The topological polar surface area (TPSA) is 38.5 Å². The van der Waals surface area contributed by atoms with Crippen LogP contribution in [-0.4, -0.2) is 25.2 Å². The van der Waals surface area contributed by atoms with Gasteiger partial charge in [0.1, 0.15) is 5.75 Å². The van der Waals surface area contributed by atoms with Gasteiger partial charge < -0.3 is 15.4 Å². The Hall–Kier alpha value is -1.22. The Labute approximate surface area is 104 Å². The monoisotopic (exact) mass is 234 g/mol. The highest BCUT2D eigenvalue weighted by Crippen LogP contribution is 2.31. The number of nitrogens with two attached hydrogens (primary N) is 1. The van der Waals surface area contributed by atoms with Gasteiger partial charge in [-0.05, 0) is 38.8 Å². The first-order valence-electron chi connectivity index (χ1n) is 6.38. The summed E-state index contributed by atoms with van der Waals surface area (Å²) in [5, 5.41) is 0. The lowest BCUT2D eigenvalue weighted by Gasteiger charge is -2.38. The third kappa shape index (κ3) is 2.91. The summed E-state index contributed by atoms with van der Waals surface area (Å²) in [5.74, 6) is 0.982. The van der Waals surface area contributed by atoms with Crippen molar-refractivity contribution in [1.29, 1.82) is 0 Å². The molecule has 1 heterocycles. The second-order valence-corrected chi connectivity index (χ2v) is 5.04. The van der Waals surface area contributed by atoms with Gasteiger partial charge >= 0.3 is 0 Å². The summed E-state index contributed by atoms with van der Waals surface area (Å²) in [6.07, 6.45) is 2.07. The summed E-state index contributed by atoms with van der Waals surface area (Å²) in [6, 6.07) is 8.25. The molecule has 1 saturated heterocycles. The molecule has 2 N–H and O–H groups in total. The molecule has 0 bridgehead atoms. The van der Waals surface area contributed by atoms with E-state index in [9.17, 15) is 0 Å². The number of benzene rings is 1. The van der Waals surface area contributed by atoms with E-state index in [0.717, 1.165) is 31.7 Å². The zero-order chi connectivity index (χ0) is 12.3. The molecule has 1 fully saturated rings. The van der Waals surface area contributed by atoms with Crippen molar-refractivity contribution < 1.29 is 4.74 Å². The molecular weight excluding hydrogens is 212 g/mol. The second kappa shape index (κ2) is 4.96. The molecule has 0 radical (unpaired) electrons. The van der Waals surface area contributed by atoms with Crippen LogP contribution >= 0.6 is 0 Å². The van der Waals surface area contributed by atoms with Crippen molar-refractivity contribution >= 4 is 5.69 Å². The molecular formula is C14H22N2O. The molecule has 3 nitrogen and oxygen atoms in total. The van der Waals surface area contributed by atoms with Crippen molar-refractivity contribution in [2.75, 3.05) is 24.6 Å². The highest BCUT2D eigenvalue weighted by molar-refractivity contribution is 5.58. The van der Waals surface area contributed by atoms with E-state index in [1.165, 1.54) is 5.69 Å². The molecule has 0 aromatic heterocycles. The zero-order valence-electron chi connectivity index (χ0n) is 10.8. The summed E-state index contributed by atoms with van der Waals surface area (Å²) < 4.78 is 5.67. The molecule has 0 unspecified atom stereocenters. The smallest absolute Gasteiger partial charge is 0.142 e. The van der Waals surface area contributed by atoms with Crippen LogP contribution in [0, 0.1) is 0 Å². The molecule has 0 amide bonds. The van der Waals surface area contributed by atoms with Crippen LogP contribution in [0.4, 0.5) is 5.69 Å². The SMILES string of the molecule is CCOc1ccccc1N1CCC(C)(N)CC1. The number of para-hydroxylation sites is 2. The standard InChI is InChI=1S/C14H22N2O/c1-3-17-13-7-5-4-6-12(13)16-10-8-14(2,15)9-11-16/h4-7H,3,8-11,15H2,1-2H3. The predicted molar refractivity (Wildman–Crippen MR) is 71.7 cm³/mol. The molecule has 0 aliphatic carbocycles. The Kier molecular flexibility index (Phi) is 3.57. The molecule has 1 aliphatic rings. The average molecular weight is 234 g/mol. The lowest BCUT2D eigenvalue weighted by Crippen LogP contribution is -2.48. The molecule has 0 atom stereocenters. The van der Waals surface area contributed by atoms with Crippen LogP contribution in [-0.2, 0) is 0 Å². The van der Waals surface area contributed by atoms with E-state index in [-0.39, 0.29) is 5.54 Å². The van der Waals surface area contributed by atoms with Gasteiger partial charge in [-0.2, -0.15) is 0 Å². The molecule has 2 rings (SSSR count). The van der Waals surface area contributed by atoms with Gasteiger partial charge in [-0.15, -0.1) is 0 Å². The number of rotatable bonds is 3.